The number of ether oxygens (including phenoxy) is 1. The predicted molar refractivity (Wildman–Crippen MR) is 69.7 cm³/mol. The topological polar surface area (TPSA) is 21.3 Å². The molecule has 2 nitrogen and oxygen atoms in total. The molecule has 0 unspecified atom stereocenters. The number of nitrogens with one attached hydrogen (secondary N) is 1. The molecule has 2 rings (SSSR count). The highest BCUT2D eigenvalue weighted by molar-refractivity contribution is 9.10. The summed E-state index contributed by atoms with van der Waals surface area (Å²) in [6.07, 6.45) is 4.18. The molecule has 1 fully saturated rings. The van der Waals surface area contributed by atoms with Gasteiger partial charge >= 0.3 is 0 Å². The Bertz CT molecular complexity index is 350. The van der Waals surface area contributed by atoms with E-state index in [-0.39, 0.29) is 0 Å². The lowest BCUT2D eigenvalue weighted by atomic mass is 10.2. The summed E-state index contributed by atoms with van der Waals surface area (Å²) < 4.78 is 6.43. The Hall–Kier alpha value is -0.540. The summed E-state index contributed by atoms with van der Waals surface area (Å²) in [7, 11) is 1.72. The minimum atomic E-state index is 0.884. The van der Waals surface area contributed by atoms with Crippen molar-refractivity contribution in [2.24, 2.45) is 5.92 Å². The molecule has 1 aliphatic rings. The summed E-state index contributed by atoms with van der Waals surface area (Å²) >= 11 is 3.48. The smallest absolute Gasteiger partial charge is 0.123 e. The van der Waals surface area contributed by atoms with E-state index in [9.17, 15) is 0 Å². The average molecular weight is 284 g/mol. The molecular formula is C13H18BrNO. The van der Waals surface area contributed by atoms with Crippen LogP contribution in [0, 0.1) is 5.92 Å². The third-order valence-corrected chi connectivity index (χ3v) is 3.48. The zero-order valence-corrected chi connectivity index (χ0v) is 11.2. The Kier molecular flexibility index (Phi) is 4.24. The van der Waals surface area contributed by atoms with Crippen molar-refractivity contribution in [2.45, 2.75) is 25.8 Å². The lowest BCUT2D eigenvalue weighted by Gasteiger charge is -2.10. The third-order valence-electron chi connectivity index (χ3n) is 2.98. The van der Waals surface area contributed by atoms with Crippen LogP contribution in [-0.4, -0.2) is 13.7 Å². The highest BCUT2D eigenvalue weighted by atomic mass is 79.9. The Balaban J connectivity index is 1.83. The zero-order valence-electron chi connectivity index (χ0n) is 9.63. The van der Waals surface area contributed by atoms with E-state index in [1.54, 1.807) is 7.11 Å². The molecule has 16 heavy (non-hydrogen) atoms. The van der Waals surface area contributed by atoms with Crippen LogP contribution in [-0.2, 0) is 6.54 Å². The van der Waals surface area contributed by atoms with Gasteiger partial charge in [0.25, 0.3) is 0 Å². The van der Waals surface area contributed by atoms with Crippen molar-refractivity contribution in [2.75, 3.05) is 13.7 Å². The standard InChI is InChI=1S/C13H18BrNO/c1-16-13-5-4-12(14)8-11(13)9-15-7-6-10-2-3-10/h4-5,8,10,15H,2-3,6-7,9H2,1H3. The van der Waals surface area contributed by atoms with Crippen molar-refractivity contribution in [3.63, 3.8) is 0 Å². The van der Waals surface area contributed by atoms with Crippen molar-refractivity contribution >= 4 is 15.9 Å². The number of halogens is 1. The van der Waals surface area contributed by atoms with Crippen molar-refractivity contribution in [3.8, 4) is 5.75 Å². The fraction of sp³-hybridized carbons (Fsp3) is 0.538. The van der Waals surface area contributed by atoms with Crippen LogP contribution in [0.25, 0.3) is 0 Å². The van der Waals surface area contributed by atoms with Crippen molar-refractivity contribution in [1.82, 2.24) is 5.32 Å². The van der Waals surface area contributed by atoms with Gasteiger partial charge in [-0.3, -0.25) is 0 Å². The molecule has 0 aliphatic heterocycles. The van der Waals surface area contributed by atoms with Crippen LogP contribution < -0.4 is 10.1 Å². The van der Waals surface area contributed by atoms with E-state index in [2.05, 4.69) is 27.3 Å². The first-order valence-corrected chi connectivity index (χ1v) is 6.62. The molecule has 0 amide bonds. The molecule has 3 heteroatoms. The molecule has 0 radical (unpaired) electrons. The summed E-state index contributed by atoms with van der Waals surface area (Å²) in [5, 5.41) is 3.47. The van der Waals surface area contributed by atoms with Crippen molar-refractivity contribution in [3.05, 3.63) is 28.2 Å². The Morgan fingerprint density at radius 2 is 2.25 bits per heavy atom. The maximum absolute atomic E-state index is 5.33. The predicted octanol–water partition coefficient (Wildman–Crippen LogP) is 3.35. The van der Waals surface area contributed by atoms with Crippen LogP contribution in [0.4, 0.5) is 0 Å². The van der Waals surface area contributed by atoms with Gasteiger partial charge in [0.2, 0.25) is 0 Å². The summed E-state index contributed by atoms with van der Waals surface area (Å²) in [4.78, 5) is 0. The summed E-state index contributed by atoms with van der Waals surface area (Å²) in [6, 6.07) is 6.12. The molecule has 0 aromatic heterocycles. The first-order chi connectivity index (χ1) is 7.79. The monoisotopic (exact) mass is 283 g/mol. The normalized spacial score (nSPS) is 15.1. The molecule has 1 aromatic carbocycles. The molecule has 1 aliphatic carbocycles. The van der Waals surface area contributed by atoms with Crippen LogP contribution in [0.15, 0.2) is 22.7 Å². The summed E-state index contributed by atoms with van der Waals surface area (Å²) in [5.41, 5.74) is 1.22. The van der Waals surface area contributed by atoms with Gasteiger partial charge in [-0.05, 0) is 37.1 Å². The van der Waals surface area contributed by atoms with Gasteiger partial charge in [0.15, 0.2) is 0 Å². The maximum Gasteiger partial charge on any atom is 0.123 e. The van der Waals surface area contributed by atoms with Gasteiger partial charge < -0.3 is 10.1 Å². The maximum atomic E-state index is 5.33. The van der Waals surface area contributed by atoms with E-state index < -0.39 is 0 Å². The number of hydrogen-bond acceptors (Lipinski definition) is 2. The van der Waals surface area contributed by atoms with Gasteiger partial charge in [0.1, 0.15) is 5.75 Å². The Morgan fingerprint density at radius 3 is 2.94 bits per heavy atom. The lowest BCUT2D eigenvalue weighted by molar-refractivity contribution is 0.407. The Labute approximate surface area is 106 Å². The summed E-state index contributed by atoms with van der Waals surface area (Å²) in [5.74, 6) is 1.96. The largest absolute Gasteiger partial charge is 0.496 e. The van der Waals surface area contributed by atoms with Gasteiger partial charge in [-0.2, -0.15) is 0 Å². The van der Waals surface area contributed by atoms with Crippen LogP contribution in [0.2, 0.25) is 0 Å². The van der Waals surface area contributed by atoms with Gasteiger partial charge in [-0.1, -0.05) is 28.8 Å². The molecular weight excluding hydrogens is 266 g/mol. The highest BCUT2D eigenvalue weighted by Crippen LogP contribution is 2.31. The zero-order chi connectivity index (χ0) is 11.4. The van der Waals surface area contributed by atoms with Crippen LogP contribution in [0.1, 0.15) is 24.8 Å². The van der Waals surface area contributed by atoms with Crippen LogP contribution >= 0.6 is 15.9 Å². The minimum Gasteiger partial charge on any atom is -0.496 e. The fourth-order valence-corrected chi connectivity index (χ4v) is 2.23. The van der Waals surface area contributed by atoms with E-state index in [0.717, 1.165) is 29.2 Å². The molecule has 0 spiro atoms. The fourth-order valence-electron chi connectivity index (χ4n) is 1.82. The first-order valence-electron chi connectivity index (χ1n) is 5.82. The van der Waals surface area contributed by atoms with E-state index >= 15 is 0 Å². The number of hydrogen-bond donors (Lipinski definition) is 1. The van der Waals surface area contributed by atoms with Crippen LogP contribution in [0.5, 0.6) is 5.75 Å². The Morgan fingerprint density at radius 1 is 1.44 bits per heavy atom. The van der Waals surface area contributed by atoms with Crippen LogP contribution in [0.3, 0.4) is 0 Å². The third kappa shape index (κ3) is 3.49. The number of rotatable bonds is 6. The lowest BCUT2D eigenvalue weighted by Crippen LogP contribution is -2.15. The molecule has 88 valence electrons. The van der Waals surface area contributed by atoms with Gasteiger partial charge in [-0.15, -0.1) is 0 Å². The average Bonchev–Trinajstić information content (AvgIpc) is 3.08. The second kappa shape index (κ2) is 5.69. The molecule has 1 saturated carbocycles. The van der Waals surface area contributed by atoms with Gasteiger partial charge in [-0.25, -0.2) is 0 Å². The molecule has 0 heterocycles. The SMILES string of the molecule is COc1ccc(Br)cc1CNCCC1CC1. The van der Waals surface area contributed by atoms with Crippen molar-refractivity contribution in [1.29, 1.82) is 0 Å². The number of benzene rings is 1. The molecule has 0 saturated heterocycles. The molecule has 1 N–H and O–H groups in total. The van der Waals surface area contributed by atoms with Gasteiger partial charge in [0.05, 0.1) is 7.11 Å². The second-order valence-corrected chi connectivity index (χ2v) is 5.28. The molecule has 0 bridgehead atoms. The van der Waals surface area contributed by atoms with Gasteiger partial charge in [0, 0.05) is 16.6 Å². The van der Waals surface area contributed by atoms with E-state index in [1.807, 2.05) is 12.1 Å². The molecule has 0 atom stereocenters. The highest BCUT2D eigenvalue weighted by Gasteiger charge is 2.19. The van der Waals surface area contributed by atoms with E-state index in [1.165, 1.54) is 24.8 Å². The summed E-state index contributed by atoms with van der Waals surface area (Å²) in [6.45, 7) is 2.00. The van der Waals surface area contributed by atoms with E-state index in [0.29, 0.717) is 0 Å². The quantitative estimate of drug-likeness (QED) is 0.809. The first kappa shape index (κ1) is 11.9. The molecule has 1 aromatic rings. The second-order valence-electron chi connectivity index (χ2n) is 4.36. The minimum absolute atomic E-state index is 0.884. The van der Waals surface area contributed by atoms with E-state index in [4.69, 9.17) is 4.74 Å². The van der Waals surface area contributed by atoms with Crippen molar-refractivity contribution < 1.29 is 4.74 Å². The number of methoxy groups -OCH3 is 1.